The van der Waals surface area contributed by atoms with Crippen LogP contribution in [0, 0.1) is 12.7 Å². The highest BCUT2D eigenvalue weighted by molar-refractivity contribution is 9.09. The summed E-state index contributed by atoms with van der Waals surface area (Å²) in [5.41, 5.74) is 3.12. The molecule has 0 amide bonds. The Morgan fingerprint density at radius 2 is 1.62 bits per heavy atom. The van der Waals surface area contributed by atoms with Gasteiger partial charge in [0.15, 0.2) is 0 Å². The molecule has 106 valence electrons. The number of halogens is 3. The van der Waals surface area contributed by atoms with Crippen LogP contribution in [0.15, 0.2) is 54.6 Å². The first-order valence-electron chi connectivity index (χ1n) is 6.65. The summed E-state index contributed by atoms with van der Waals surface area (Å²) in [7, 11) is 0. The highest BCUT2D eigenvalue weighted by Crippen LogP contribution is 2.38. The summed E-state index contributed by atoms with van der Waals surface area (Å²) in [5, 5.41) is 2.88. The van der Waals surface area contributed by atoms with Gasteiger partial charge in [-0.05, 0) is 47.2 Å². The molecular weight excluding hydrogens is 351 g/mol. The Balaban J connectivity index is 2.18. The quantitative estimate of drug-likeness (QED) is 0.460. The molecule has 0 aliphatic carbocycles. The van der Waals surface area contributed by atoms with Crippen LogP contribution >= 0.6 is 27.5 Å². The van der Waals surface area contributed by atoms with Crippen LogP contribution in [0.2, 0.25) is 5.02 Å². The molecule has 3 heteroatoms. The first-order valence-corrected chi connectivity index (χ1v) is 7.94. The molecule has 0 fully saturated rings. The lowest BCUT2D eigenvalue weighted by atomic mass is 9.96. The van der Waals surface area contributed by atoms with E-state index in [1.54, 1.807) is 6.07 Å². The Kier molecular flexibility index (Phi) is 4.01. The minimum Gasteiger partial charge on any atom is -0.207 e. The number of rotatable bonds is 2. The molecule has 3 rings (SSSR count). The van der Waals surface area contributed by atoms with Crippen molar-refractivity contribution in [2.45, 2.75) is 11.8 Å². The summed E-state index contributed by atoms with van der Waals surface area (Å²) in [4.78, 5) is 0.000247. The highest BCUT2D eigenvalue weighted by Gasteiger charge is 2.16. The SMILES string of the molecule is Cc1cc(F)ccc1C(Br)c1ccc(Cl)c2ccccc12. The Hall–Kier alpha value is -1.38. The van der Waals surface area contributed by atoms with Gasteiger partial charge in [-0.25, -0.2) is 4.39 Å². The van der Waals surface area contributed by atoms with Gasteiger partial charge in [0.25, 0.3) is 0 Å². The topological polar surface area (TPSA) is 0 Å². The summed E-state index contributed by atoms with van der Waals surface area (Å²) < 4.78 is 13.3. The fraction of sp³-hybridized carbons (Fsp3) is 0.111. The van der Waals surface area contributed by atoms with E-state index in [2.05, 4.69) is 22.0 Å². The molecule has 0 nitrogen and oxygen atoms in total. The zero-order valence-electron chi connectivity index (χ0n) is 11.4. The minimum atomic E-state index is -0.211. The average Bonchev–Trinajstić information content (AvgIpc) is 2.47. The number of alkyl halides is 1. The molecule has 3 aromatic carbocycles. The molecule has 3 aromatic rings. The van der Waals surface area contributed by atoms with Crippen LogP contribution in [0.4, 0.5) is 4.39 Å². The third-order valence-electron chi connectivity index (χ3n) is 3.68. The van der Waals surface area contributed by atoms with E-state index >= 15 is 0 Å². The fourth-order valence-electron chi connectivity index (χ4n) is 2.60. The van der Waals surface area contributed by atoms with Gasteiger partial charge in [-0.2, -0.15) is 0 Å². The molecule has 1 atom stereocenters. The van der Waals surface area contributed by atoms with Crippen LogP contribution in [-0.4, -0.2) is 0 Å². The second kappa shape index (κ2) is 5.78. The van der Waals surface area contributed by atoms with Gasteiger partial charge in [-0.15, -0.1) is 0 Å². The molecule has 0 radical (unpaired) electrons. The van der Waals surface area contributed by atoms with Crippen LogP contribution in [-0.2, 0) is 0 Å². The van der Waals surface area contributed by atoms with E-state index in [9.17, 15) is 4.39 Å². The van der Waals surface area contributed by atoms with Crippen molar-refractivity contribution in [3.05, 3.63) is 82.1 Å². The normalized spacial score (nSPS) is 12.6. The first-order chi connectivity index (χ1) is 10.1. The molecule has 0 saturated heterocycles. The predicted octanol–water partition coefficient (Wildman–Crippen LogP) is 6.43. The lowest BCUT2D eigenvalue weighted by Gasteiger charge is -2.16. The average molecular weight is 364 g/mol. The number of hydrogen-bond acceptors (Lipinski definition) is 0. The van der Waals surface area contributed by atoms with E-state index in [4.69, 9.17) is 11.6 Å². The maximum atomic E-state index is 13.3. The number of aryl methyl sites for hydroxylation is 1. The van der Waals surface area contributed by atoms with Gasteiger partial charge < -0.3 is 0 Å². The van der Waals surface area contributed by atoms with E-state index in [1.807, 2.05) is 43.3 Å². The molecule has 0 saturated carbocycles. The molecule has 21 heavy (non-hydrogen) atoms. The molecule has 1 unspecified atom stereocenters. The summed E-state index contributed by atoms with van der Waals surface area (Å²) in [6, 6.07) is 16.9. The molecule has 0 heterocycles. The summed E-state index contributed by atoms with van der Waals surface area (Å²) in [6.07, 6.45) is 0. The van der Waals surface area contributed by atoms with Crippen molar-refractivity contribution >= 4 is 38.3 Å². The standard InChI is InChI=1S/C18H13BrClF/c1-11-10-12(21)6-7-13(11)18(19)16-8-9-17(20)15-5-3-2-4-14(15)16/h2-10,18H,1H3. The highest BCUT2D eigenvalue weighted by atomic mass is 79.9. The van der Waals surface area contributed by atoms with Crippen molar-refractivity contribution in [2.24, 2.45) is 0 Å². The zero-order valence-corrected chi connectivity index (χ0v) is 13.7. The molecule has 0 N–H and O–H groups in total. The Morgan fingerprint density at radius 1 is 0.952 bits per heavy atom. The third-order valence-corrected chi connectivity index (χ3v) is 5.00. The smallest absolute Gasteiger partial charge is 0.123 e. The van der Waals surface area contributed by atoms with E-state index in [1.165, 1.54) is 6.07 Å². The van der Waals surface area contributed by atoms with Crippen LogP contribution in [0.1, 0.15) is 21.5 Å². The molecular formula is C18H13BrClF. The summed E-state index contributed by atoms with van der Waals surface area (Å²) in [6.45, 7) is 1.92. The van der Waals surface area contributed by atoms with E-state index in [0.29, 0.717) is 0 Å². The summed E-state index contributed by atoms with van der Waals surface area (Å²) >= 11 is 10.0. The van der Waals surface area contributed by atoms with Gasteiger partial charge >= 0.3 is 0 Å². The fourth-order valence-corrected chi connectivity index (χ4v) is 3.74. The van der Waals surface area contributed by atoms with Crippen molar-refractivity contribution < 1.29 is 4.39 Å². The lowest BCUT2D eigenvalue weighted by molar-refractivity contribution is 0.626. The first kappa shape index (κ1) is 14.6. The van der Waals surface area contributed by atoms with Gasteiger partial charge in [0.1, 0.15) is 5.82 Å². The summed E-state index contributed by atoms with van der Waals surface area (Å²) in [5.74, 6) is -0.211. The van der Waals surface area contributed by atoms with Gasteiger partial charge in [-0.3, -0.25) is 0 Å². The molecule has 0 aliphatic rings. The Morgan fingerprint density at radius 3 is 2.33 bits per heavy atom. The van der Waals surface area contributed by atoms with Crippen molar-refractivity contribution in [1.82, 2.24) is 0 Å². The second-order valence-corrected chi connectivity index (χ2v) is 6.37. The predicted molar refractivity (Wildman–Crippen MR) is 90.9 cm³/mol. The van der Waals surface area contributed by atoms with Crippen molar-refractivity contribution in [3.63, 3.8) is 0 Å². The van der Waals surface area contributed by atoms with Crippen LogP contribution in [0.5, 0.6) is 0 Å². The maximum absolute atomic E-state index is 13.3. The number of benzene rings is 3. The van der Waals surface area contributed by atoms with Crippen molar-refractivity contribution in [1.29, 1.82) is 0 Å². The number of fused-ring (bicyclic) bond motifs is 1. The molecule has 0 aromatic heterocycles. The Labute approximate surface area is 136 Å². The maximum Gasteiger partial charge on any atom is 0.123 e. The van der Waals surface area contributed by atoms with E-state index in [-0.39, 0.29) is 10.6 Å². The minimum absolute atomic E-state index is 0.000247. The molecule has 0 aliphatic heterocycles. The molecule has 0 bridgehead atoms. The third kappa shape index (κ3) is 2.70. The molecule has 0 spiro atoms. The van der Waals surface area contributed by atoms with Crippen molar-refractivity contribution in [2.75, 3.05) is 0 Å². The van der Waals surface area contributed by atoms with Gasteiger partial charge in [0, 0.05) is 10.4 Å². The van der Waals surface area contributed by atoms with Crippen LogP contribution in [0.3, 0.4) is 0 Å². The largest absolute Gasteiger partial charge is 0.207 e. The van der Waals surface area contributed by atoms with Gasteiger partial charge in [0.2, 0.25) is 0 Å². The van der Waals surface area contributed by atoms with Crippen LogP contribution in [0.25, 0.3) is 10.8 Å². The second-order valence-electron chi connectivity index (χ2n) is 5.05. The lowest BCUT2D eigenvalue weighted by Crippen LogP contribution is -1.98. The van der Waals surface area contributed by atoms with E-state index in [0.717, 1.165) is 32.5 Å². The Bertz CT molecular complexity index is 813. The van der Waals surface area contributed by atoms with E-state index < -0.39 is 0 Å². The zero-order chi connectivity index (χ0) is 15.0. The monoisotopic (exact) mass is 362 g/mol. The van der Waals surface area contributed by atoms with Crippen LogP contribution < -0.4 is 0 Å². The van der Waals surface area contributed by atoms with Gasteiger partial charge in [-0.1, -0.05) is 63.9 Å². The van der Waals surface area contributed by atoms with Gasteiger partial charge in [0.05, 0.1) is 4.83 Å². The van der Waals surface area contributed by atoms with Crippen molar-refractivity contribution in [3.8, 4) is 0 Å². The number of hydrogen-bond donors (Lipinski definition) is 0.